The van der Waals surface area contributed by atoms with Gasteiger partial charge in [-0.3, -0.25) is 4.84 Å². The van der Waals surface area contributed by atoms with Crippen LogP contribution in [-0.2, 0) is 4.84 Å². The van der Waals surface area contributed by atoms with Crippen LogP contribution in [0.2, 0.25) is 0 Å². The van der Waals surface area contributed by atoms with Crippen LogP contribution in [0.3, 0.4) is 0 Å². The van der Waals surface area contributed by atoms with Gasteiger partial charge in [0.1, 0.15) is 0 Å². The van der Waals surface area contributed by atoms with Crippen molar-refractivity contribution in [1.29, 1.82) is 0 Å². The molecule has 1 N–H and O–H groups in total. The molecule has 18 heavy (non-hydrogen) atoms. The second kappa shape index (κ2) is 4.95. The first kappa shape index (κ1) is 11.4. The van der Waals surface area contributed by atoms with Crippen LogP contribution >= 0.6 is 0 Å². The molecule has 0 spiro atoms. The fourth-order valence-electron chi connectivity index (χ4n) is 3.34. The Morgan fingerprint density at radius 2 is 1.89 bits per heavy atom. The maximum absolute atomic E-state index is 10.0. The summed E-state index contributed by atoms with van der Waals surface area (Å²) in [5.74, 6) is 0. The minimum absolute atomic E-state index is 0.277. The standard InChI is InChI=1S/C15H27NO2/c1-14(2)10-12(17)11-15(3,4)16(14)18-13-8-6-5-7-9-13/h6,8,12-13,17H,5,7,9-11H2,1-4H3/i6D,8D. The van der Waals surface area contributed by atoms with Gasteiger partial charge < -0.3 is 5.11 Å². The normalized spacial score (nSPS) is 35.3. The lowest BCUT2D eigenvalue weighted by atomic mass is 9.80. The highest BCUT2D eigenvalue weighted by Crippen LogP contribution is 2.39. The van der Waals surface area contributed by atoms with E-state index in [0.717, 1.165) is 12.8 Å². The highest BCUT2D eigenvalue weighted by Gasteiger charge is 2.46. The van der Waals surface area contributed by atoms with Gasteiger partial charge in [-0.05, 0) is 59.8 Å². The number of rotatable bonds is 2. The van der Waals surface area contributed by atoms with Crippen LogP contribution in [0.15, 0.2) is 12.1 Å². The first-order chi connectivity index (χ1) is 9.13. The van der Waals surface area contributed by atoms with Gasteiger partial charge in [0.25, 0.3) is 0 Å². The van der Waals surface area contributed by atoms with Crippen molar-refractivity contribution in [3.05, 3.63) is 12.1 Å². The SMILES string of the molecule is [2H]C1=C([2H])C(ON2C(C)(C)CC(O)CC2(C)C)CCC1. The van der Waals surface area contributed by atoms with Gasteiger partial charge in [0, 0.05) is 11.1 Å². The number of hydroxylamine groups is 2. The molecule has 2 rings (SSSR count). The number of allylic oxidation sites excluding steroid dienone is 1. The minimum atomic E-state index is -0.316. The smallest absolute Gasteiger partial charge is 0.0974 e. The Bertz CT molecular complexity index is 389. The Morgan fingerprint density at radius 3 is 2.50 bits per heavy atom. The Labute approximate surface area is 114 Å². The quantitative estimate of drug-likeness (QED) is 0.770. The second-order valence-corrected chi connectivity index (χ2v) is 6.79. The zero-order chi connectivity index (χ0) is 15.1. The molecule has 0 aromatic rings. The number of hydrogen-bond acceptors (Lipinski definition) is 3. The fourth-order valence-corrected chi connectivity index (χ4v) is 3.34. The molecular formula is C15H27NO2. The number of piperidine rings is 1. The summed E-state index contributed by atoms with van der Waals surface area (Å²) in [5, 5.41) is 12.0. The Balaban J connectivity index is 2.20. The number of aliphatic hydroxyl groups is 1. The van der Waals surface area contributed by atoms with E-state index >= 15 is 0 Å². The van der Waals surface area contributed by atoms with E-state index in [-0.39, 0.29) is 23.3 Å². The van der Waals surface area contributed by atoms with Crippen LogP contribution in [0.4, 0.5) is 0 Å². The summed E-state index contributed by atoms with van der Waals surface area (Å²) in [7, 11) is 0. The van der Waals surface area contributed by atoms with Crippen LogP contribution in [0, 0.1) is 0 Å². The van der Waals surface area contributed by atoms with Crippen molar-refractivity contribution in [1.82, 2.24) is 5.06 Å². The van der Waals surface area contributed by atoms with Gasteiger partial charge in [-0.15, -0.1) is 0 Å². The van der Waals surface area contributed by atoms with Gasteiger partial charge in [0.05, 0.1) is 14.9 Å². The number of aliphatic hydroxyl groups excluding tert-OH is 1. The largest absolute Gasteiger partial charge is 0.393 e. The van der Waals surface area contributed by atoms with Crippen molar-refractivity contribution >= 4 is 0 Å². The van der Waals surface area contributed by atoms with Crippen molar-refractivity contribution in [2.75, 3.05) is 0 Å². The maximum Gasteiger partial charge on any atom is 0.0974 e. The average molecular weight is 255 g/mol. The van der Waals surface area contributed by atoms with Gasteiger partial charge in [-0.25, -0.2) is 0 Å². The minimum Gasteiger partial charge on any atom is -0.393 e. The zero-order valence-electron chi connectivity index (χ0n) is 14.0. The van der Waals surface area contributed by atoms with E-state index < -0.39 is 0 Å². The molecule has 1 aliphatic carbocycles. The van der Waals surface area contributed by atoms with Crippen LogP contribution in [-0.4, -0.2) is 33.5 Å². The van der Waals surface area contributed by atoms with Crippen molar-refractivity contribution in [3.8, 4) is 0 Å². The van der Waals surface area contributed by atoms with Gasteiger partial charge in [-0.2, -0.15) is 5.06 Å². The van der Waals surface area contributed by atoms with Crippen molar-refractivity contribution in [2.45, 2.75) is 83.1 Å². The highest BCUT2D eigenvalue weighted by molar-refractivity contribution is 4.99. The molecule has 0 amide bonds. The first-order valence-electron chi connectivity index (χ1n) is 7.95. The Kier molecular flexibility index (Phi) is 3.15. The van der Waals surface area contributed by atoms with Crippen molar-refractivity contribution in [3.63, 3.8) is 0 Å². The van der Waals surface area contributed by atoms with E-state index in [1.807, 2.05) is 5.06 Å². The molecule has 0 saturated carbocycles. The fraction of sp³-hybridized carbons (Fsp3) is 0.867. The third kappa shape index (κ3) is 2.95. The highest BCUT2D eigenvalue weighted by atomic mass is 16.7. The predicted octanol–water partition coefficient (Wildman–Crippen LogP) is 3.04. The maximum atomic E-state index is 10.0. The van der Waals surface area contributed by atoms with Crippen LogP contribution < -0.4 is 0 Å². The summed E-state index contributed by atoms with van der Waals surface area (Å²) in [4.78, 5) is 6.15. The summed E-state index contributed by atoms with van der Waals surface area (Å²) in [6.07, 6.45) is 3.08. The molecular weight excluding hydrogens is 226 g/mol. The van der Waals surface area contributed by atoms with Gasteiger partial charge >= 0.3 is 0 Å². The van der Waals surface area contributed by atoms with Crippen LogP contribution in [0.25, 0.3) is 0 Å². The van der Waals surface area contributed by atoms with E-state index in [9.17, 15) is 5.11 Å². The molecule has 3 nitrogen and oxygen atoms in total. The molecule has 104 valence electrons. The Morgan fingerprint density at radius 1 is 1.28 bits per heavy atom. The third-order valence-corrected chi connectivity index (χ3v) is 3.83. The van der Waals surface area contributed by atoms with Crippen molar-refractivity contribution < 1.29 is 12.7 Å². The average Bonchev–Trinajstić information content (AvgIpc) is 2.27. The van der Waals surface area contributed by atoms with Gasteiger partial charge in [0.15, 0.2) is 0 Å². The van der Waals surface area contributed by atoms with E-state index in [0.29, 0.717) is 31.4 Å². The van der Waals surface area contributed by atoms with Gasteiger partial charge in [-0.1, -0.05) is 12.1 Å². The first-order valence-corrected chi connectivity index (χ1v) is 6.95. The molecule has 1 saturated heterocycles. The summed E-state index contributed by atoms with van der Waals surface area (Å²) in [5.41, 5.74) is -0.553. The topological polar surface area (TPSA) is 32.7 Å². The van der Waals surface area contributed by atoms with Crippen LogP contribution in [0.5, 0.6) is 0 Å². The molecule has 0 aromatic carbocycles. The third-order valence-electron chi connectivity index (χ3n) is 3.83. The lowest BCUT2D eigenvalue weighted by molar-refractivity contribution is -0.307. The second-order valence-electron chi connectivity index (χ2n) is 6.79. The molecule has 2 aliphatic rings. The summed E-state index contributed by atoms with van der Waals surface area (Å²) < 4.78 is 15.9. The van der Waals surface area contributed by atoms with Crippen molar-refractivity contribution in [2.24, 2.45) is 0 Å². The summed E-state index contributed by atoms with van der Waals surface area (Å²) >= 11 is 0. The molecule has 1 atom stereocenters. The number of nitrogens with zero attached hydrogens (tertiary/aromatic N) is 1. The molecule has 0 radical (unpaired) electrons. The molecule has 1 unspecified atom stereocenters. The molecule has 0 bridgehead atoms. The lowest BCUT2D eigenvalue weighted by Gasteiger charge is -2.53. The summed E-state index contributed by atoms with van der Waals surface area (Å²) in [6.45, 7) is 8.26. The monoisotopic (exact) mass is 255 g/mol. The van der Waals surface area contributed by atoms with E-state index in [2.05, 4.69) is 27.7 Å². The Hall–Kier alpha value is -0.380. The molecule has 1 aliphatic heterocycles. The van der Waals surface area contributed by atoms with E-state index in [4.69, 9.17) is 7.58 Å². The van der Waals surface area contributed by atoms with E-state index in [1.54, 1.807) is 0 Å². The molecule has 1 heterocycles. The summed E-state index contributed by atoms with van der Waals surface area (Å²) in [6, 6.07) is 0.711. The molecule has 3 heteroatoms. The van der Waals surface area contributed by atoms with Crippen LogP contribution in [0.1, 0.15) is 62.5 Å². The number of hydrogen-bond donors (Lipinski definition) is 1. The van der Waals surface area contributed by atoms with Gasteiger partial charge in [0.2, 0.25) is 0 Å². The molecule has 0 aromatic heterocycles. The lowest BCUT2D eigenvalue weighted by Crippen LogP contribution is -2.62. The molecule has 1 fully saturated rings. The zero-order valence-corrected chi connectivity index (χ0v) is 12.0. The van der Waals surface area contributed by atoms with E-state index in [1.165, 1.54) is 0 Å². The predicted molar refractivity (Wildman–Crippen MR) is 73.1 cm³/mol.